The maximum atomic E-state index is 12.4. The number of hydrogen-bond donors (Lipinski definition) is 1. The molecule has 0 radical (unpaired) electrons. The van der Waals surface area contributed by atoms with Gasteiger partial charge < -0.3 is 4.74 Å². The lowest BCUT2D eigenvalue weighted by atomic mass is 10.0. The molecule has 0 aliphatic rings. The number of nitrogens with one attached hydrogen (secondary N) is 1. The third kappa shape index (κ3) is 3.94. The van der Waals surface area contributed by atoms with Gasteiger partial charge in [-0.05, 0) is 35.7 Å². The Labute approximate surface area is 140 Å². The summed E-state index contributed by atoms with van der Waals surface area (Å²) in [5.41, 5.74) is -4.94. The zero-order valence-corrected chi connectivity index (χ0v) is 13.9. The van der Waals surface area contributed by atoms with E-state index in [1.807, 2.05) is 0 Å². The van der Waals surface area contributed by atoms with Crippen molar-refractivity contribution < 1.29 is 31.1 Å². The Morgan fingerprint density at radius 1 is 1.21 bits per heavy atom. The van der Waals surface area contributed by atoms with Gasteiger partial charge in [0.2, 0.25) is 0 Å². The Bertz CT molecular complexity index is 826. The van der Waals surface area contributed by atoms with Gasteiger partial charge in [0.15, 0.2) is 5.78 Å². The molecule has 0 aliphatic carbocycles. The standard InChI is InChI=1S/C14H12F3NO4S2/c1-22-10-4-2-9(3-5-10)13(19)11-6-7-23-12(11)8-18-24(20,21)14(15,16)17/h2-7,18H,8H2,1H3. The maximum Gasteiger partial charge on any atom is 0.511 e. The van der Waals surface area contributed by atoms with Gasteiger partial charge in [0.05, 0.1) is 7.11 Å². The first kappa shape index (κ1) is 18.4. The highest BCUT2D eigenvalue weighted by Crippen LogP contribution is 2.25. The maximum absolute atomic E-state index is 12.4. The summed E-state index contributed by atoms with van der Waals surface area (Å²) < 4.78 is 65.5. The van der Waals surface area contributed by atoms with Gasteiger partial charge in [0.1, 0.15) is 5.75 Å². The summed E-state index contributed by atoms with van der Waals surface area (Å²) in [4.78, 5) is 12.6. The summed E-state index contributed by atoms with van der Waals surface area (Å²) in [5.74, 6) is 0.134. The van der Waals surface area contributed by atoms with Crippen LogP contribution in [0.2, 0.25) is 0 Å². The minimum absolute atomic E-state index is 0.148. The molecule has 0 bridgehead atoms. The zero-order valence-electron chi connectivity index (χ0n) is 12.3. The topological polar surface area (TPSA) is 72.5 Å². The van der Waals surface area contributed by atoms with Crippen LogP contribution >= 0.6 is 11.3 Å². The van der Waals surface area contributed by atoms with E-state index in [0.717, 1.165) is 11.3 Å². The Morgan fingerprint density at radius 2 is 1.83 bits per heavy atom. The van der Waals surface area contributed by atoms with Crippen LogP contribution in [0, 0.1) is 0 Å². The van der Waals surface area contributed by atoms with Gasteiger partial charge in [0, 0.05) is 22.5 Å². The van der Waals surface area contributed by atoms with E-state index in [2.05, 4.69) is 0 Å². The highest BCUT2D eigenvalue weighted by Gasteiger charge is 2.45. The molecule has 10 heteroatoms. The molecule has 0 atom stereocenters. The minimum Gasteiger partial charge on any atom is -0.497 e. The monoisotopic (exact) mass is 379 g/mol. The minimum atomic E-state index is -5.46. The number of carbonyl (C=O) groups is 1. The quantitative estimate of drug-likeness (QED) is 0.784. The molecule has 2 aromatic rings. The van der Waals surface area contributed by atoms with Crippen LogP contribution in [0.1, 0.15) is 20.8 Å². The predicted octanol–water partition coefficient (Wildman–Crippen LogP) is 2.93. The molecule has 0 saturated carbocycles. The number of thiophene rings is 1. The first-order valence-electron chi connectivity index (χ1n) is 6.47. The zero-order chi connectivity index (χ0) is 18.0. The third-order valence-corrected chi connectivity index (χ3v) is 5.12. The first-order valence-corrected chi connectivity index (χ1v) is 8.83. The molecule has 0 spiro atoms. The van der Waals surface area contributed by atoms with E-state index in [0.29, 0.717) is 11.3 Å². The van der Waals surface area contributed by atoms with Crippen molar-refractivity contribution in [2.75, 3.05) is 7.11 Å². The Morgan fingerprint density at radius 3 is 2.38 bits per heavy atom. The highest BCUT2D eigenvalue weighted by atomic mass is 32.2. The average molecular weight is 379 g/mol. The second-order valence-corrected chi connectivity index (χ2v) is 7.34. The lowest BCUT2D eigenvalue weighted by molar-refractivity contribution is -0.0448. The second-order valence-electron chi connectivity index (χ2n) is 4.59. The Balaban J connectivity index is 2.19. The summed E-state index contributed by atoms with van der Waals surface area (Å²) in [5, 5.41) is 1.51. The van der Waals surface area contributed by atoms with Crippen molar-refractivity contribution in [3.8, 4) is 5.75 Å². The number of hydrogen-bond acceptors (Lipinski definition) is 5. The number of sulfonamides is 1. The normalized spacial score (nSPS) is 12.2. The van der Waals surface area contributed by atoms with Gasteiger partial charge in [0.25, 0.3) is 0 Å². The molecule has 5 nitrogen and oxygen atoms in total. The van der Waals surface area contributed by atoms with Gasteiger partial charge in [-0.2, -0.15) is 13.2 Å². The van der Waals surface area contributed by atoms with Crippen LogP contribution in [0.4, 0.5) is 13.2 Å². The number of ketones is 1. The lowest BCUT2D eigenvalue weighted by Crippen LogP contribution is -2.36. The van der Waals surface area contributed by atoms with Gasteiger partial charge in [-0.25, -0.2) is 13.1 Å². The van der Waals surface area contributed by atoms with Gasteiger partial charge in [-0.15, -0.1) is 11.3 Å². The number of alkyl halides is 3. The number of methoxy groups -OCH3 is 1. The van der Waals surface area contributed by atoms with Crippen molar-refractivity contribution in [1.29, 1.82) is 0 Å². The molecule has 1 aromatic heterocycles. The number of rotatable bonds is 6. The lowest BCUT2D eigenvalue weighted by Gasteiger charge is -2.09. The summed E-state index contributed by atoms with van der Waals surface area (Å²) in [6.07, 6.45) is 0. The van der Waals surface area contributed by atoms with Crippen molar-refractivity contribution >= 4 is 27.1 Å². The van der Waals surface area contributed by atoms with Crippen molar-refractivity contribution in [1.82, 2.24) is 4.72 Å². The summed E-state index contributed by atoms with van der Waals surface area (Å²) in [7, 11) is -3.99. The molecule has 2 rings (SSSR count). The Kier molecular flexibility index (Phi) is 5.31. The van der Waals surface area contributed by atoms with E-state index >= 15 is 0 Å². The molecular formula is C14H12F3NO4S2. The molecular weight excluding hydrogens is 367 g/mol. The molecule has 0 amide bonds. The van der Waals surface area contributed by atoms with Crippen molar-refractivity contribution in [3.05, 3.63) is 51.7 Å². The molecule has 0 fully saturated rings. The first-order chi connectivity index (χ1) is 11.2. The molecule has 24 heavy (non-hydrogen) atoms. The number of carbonyl (C=O) groups excluding carboxylic acids is 1. The van der Waals surface area contributed by atoms with E-state index < -0.39 is 27.9 Å². The molecule has 1 heterocycles. The van der Waals surface area contributed by atoms with Crippen LogP contribution < -0.4 is 9.46 Å². The van der Waals surface area contributed by atoms with E-state index in [4.69, 9.17) is 4.74 Å². The fraction of sp³-hybridized carbons (Fsp3) is 0.214. The third-order valence-electron chi connectivity index (χ3n) is 3.07. The molecule has 1 N–H and O–H groups in total. The van der Waals surface area contributed by atoms with Crippen LogP contribution in [-0.4, -0.2) is 26.8 Å². The van der Waals surface area contributed by atoms with Crippen LogP contribution in [0.3, 0.4) is 0 Å². The Hall–Kier alpha value is -1.91. The second kappa shape index (κ2) is 6.91. The van der Waals surface area contributed by atoms with Crippen LogP contribution in [-0.2, 0) is 16.6 Å². The number of halogens is 3. The van der Waals surface area contributed by atoms with E-state index in [9.17, 15) is 26.4 Å². The van der Waals surface area contributed by atoms with Crippen molar-refractivity contribution in [2.45, 2.75) is 12.1 Å². The fourth-order valence-electron chi connectivity index (χ4n) is 1.82. The average Bonchev–Trinajstić information content (AvgIpc) is 3.00. The van der Waals surface area contributed by atoms with Crippen molar-refractivity contribution in [2.24, 2.45) is 0 Å². The number of ether oxygens (including phenoxy) is 1. The SMILES string of the molecule is COc1ccc(C(=O)c2ccsc2CNS(=O)(=O)C(F)(F)F)cc1. The van der Waals surface area contributed by atoms with Gasteiger partial charge >= 0.3 is 15.5 Å². The van der Waals surface area contributed by atoms with Crippen molar-refractivity contribution in [3.63, 3.8) is 0 Å². The number of benzene rings is 1. The van der Waals surface area contributed by atoms with Crippen LogP contribution in [0.15, 0.2) is 35.7 Å². The van der Waals surface area contributed by atoms with Gasteiger partial charge in [-0.3, -0.25) is 4.79 Å². The molecule has 0 unspecified atom stereocenters. The predicted molar refractivity (Wildman–Crippen MR) is 82.6 cm³/mol. The molecule has 130 valence electrons. The van der Waals surface area contributed by atoms with Crippen LogP contribution in [0.5, 0.6) is 5.75 Å². The highest BCUT2D eigenvalue weighted by molar-refractivity contribution is 7.90. The summed E-state index contributed by atoms with van der Waals surface area (Å²) >= 11 is 0.992. The largest absolute Gasteiger partial charge is 0.511 e. The molecule has 0 aliphatic heterocycles. The summed E-state index contributed by atoms with van der Waals surface area (Å²) in [6.45, 7) is -0.614. The van der Waals surface area contributed by atoms with E-state index in [1.54, 1.807) is 12.1 Å². The van der Waals surface area contributed by atoms with Gasteiger partial charge in [-0.1, -0.05) is 0 Å². The fourth-order valence-corrected chi connectivity index (χ4v) is 3.22. The summed E-state index contributed by atoms with van der Waals surface area (Å²) in [6, 6.07) is 7.62. The van der Waals surface area contributed by atoms with E-state index in [1.165, 1.54) is 35.4 Å². The van der Waals surface area contributed by atoms with E-state index in [-0.39, 0.29) is 10.4 Å². The molecule has 0 saturated heterocycles. The smallest absolute Gasteiger partial charge is 0.497 e. The molecule has 1 aromatic carbocycles. The van der Waals surface area contributed by atoms with Crippen LogP contribution in [0.25, 0.3) is 0 Å².